The molecule has 0 aliphatic carbocycles. The van der Waals surface area contributed by atoms with Gasteiger partial charge >= 0.3 is 0 Å². The van der Waals surface area contributed by atoms with Crippen LogP contribution in [0.2, 0.25) is 0 Å². The van der Waals surface area contributed by atoms with E-state index in [1.54, 1.807) is 6.92 Å². The van der Waals surface area contributed by atoms with Gasteiger partial charge in [-0.05, 0) is 31.7 Å². The summed E-state index contributed by atoms with van der Waals surface area (Å²) in [4.78, 5) is 5.32. The van der Waals surface area contributed by atoms with E-state index in [1.807, 2.05) is 31.4 Å². The zero-order valence-electron chi connectivity index (χ0n) is 15.9. The molecule has 0 amide bonds. The van der Waals surface area contributed by atoms with Crippen molar-refractivity contribution >= 4 is 51.3 Å². The van der Waals surface area contributed by atoms with Gasteiger partial charge in [0, 0.05) is 31.1 Å². The Morgan fingerprint density at radius 3 is 2.58 bits per heavy atom. The van der Waals surface area contributed by atoms with Gasteiger partial charge in [0.25, 0.3) is 0 Å². The number of hydrogen-bond donors (Lipinski definition) is 3. The number of guanidine groups is 1. The number of hydrogen-bond acceptors (Lipinski definition) is 5. The second kappa shape index (κ2) is 12.1. The van der Waals surface area contributed by atoms with Crippen LogP contribution >= 0.6 is 35.3 Å². The summed E-state index contributed by atoms with van der Waals surface area (Å²) >= 11 is 1.50. The van der Waals surface area contributed by atoms with E-state index in [0.29, 0.717) is 38.6 Å². The summed E-state index contributed by atoms with van der Waals surface area (Å²) in [6.07, 6.45) is 1.90. The van der Waals surface area contributed by atoms with Crippen LogP contribution < -0.4 is 10.6 Å². The second-order valence-electron chi connectivity index (χ2n) is 5.98. The molecule has 0 aliphatic heterocycles. The van der Waals surface area contributed by atoms with Crippen LogP contribution in [0.5, 0.6) is 0 Å². The number of aliphatic imine (C=N–C) groups is 1. The Kier molecular flexibility index (Phi) is 11.9. The van der Waals surface area contributed by atoms with Gasteiger partial charge < -0.3 is 15.7 Å². The van der Waals surface area contributed by atoms with Gasteiger partial charge in [-0.25, -0.2) is 17.7 Å². The first-order valence-corrected chi connectivity index (χ1v) is 11.2. The standard InChI is InChI=1S/C16H30N4O3S2.HI/c1-5-17-15(18-10-8-11-20(6-2)25(4,22)23)19-13-16(3,21)14-9-7-12-24-14;/h7,9,12,21H,5-6,8,10-11,13H2,1-4H3,(H2,17,18,19);1H. The van der Waals surface area contributed by atoms with E-state index in [-0.39, 0.29) is 30.5 Å². The molecular formula is C16H31IN4O3S2. The van der Waals surface area contributed by atoms with Crippen LogP contribution in [0.4, 0.5) is 0 Å². The lowest BCUT2D eigenvalue weighted by atomic mass is 10.1. The predicted octanol–water partition coefficient (Wildman–Crippen LogP) is 1.80. The Labute approximate surface area is 178 Å². The Hall–Kier alpha value is -0.430. The molecule has 0 aliphatic rings. The molecule has 1 atom stereocenters. The lowest BCUT2D eigenvalue weighted by Gasteiger charge is -2.21. The van der Waals surface area contributed by atoms with Crippen molar-refractivity contribution in [1.29, 1.82) is 0 Å². The maximum absolute atomic E-state index is 11.6. The van der Waals surface area contributed by atoms with Gasteiger partial charge in [0.15, 0.2) is 5.96 Å². The minimum absolute atomic E-state index is 0. The van der Waals surface area contributed by atoms with Crippen molar-refractivity contribution in [2.75, 3.05) is 39.0 Å². The minimum Gasteiger partial charge on any atom is -0.383 e. The zero-order valence-corrected chi connectivity index (χ0v) is 19.8. The Morgan fingerprint density at radius 2 is 2.08 bits per heavy atom. The maximum Gasteiger partial charge on any atom is 0.211 e. The summed E-state index contributed by atoms with van der Waals surface area (Å²) in [6, 6.07) is 3.80. The molecule has 0 spiro atoms. The van der Waals surface area contributed by atoms with Crippen LogP contribution in [-0.4, -0.2) is 62.8 Å². The Bertz CT molecular complexity index is 634. The molecule has 0 radical (unpaired) electrons. The molecule has 0 saturated carbocycles. The molecule has 0 bridgehead atoms. The first-order chi connectivity index (χ1) is 11.7. The SMILES string of the molecule is CCNC(=NCC(C)(O)c1cccs1)NCCCN(CC)S(C)(=O)=O.I. The van der Waals surface area contributed by atoms with Crippen molar-refractivity contribution in [3.05, 3.63) is 22.4 Å². The van der Waals surface area contributed by atoms with E-state index in [0.717, 1.165) is 4.88 Å². The van der Waals surface area contributed by atoms with Crippen molar-refractivity contribution in [2.24, 2.45) is 4.99 Å². The highest BCUT2D eigenvalue weighted by atomic mass is 127. The third kappa shape index (κ3) is 8.98. The molecule has 1 aromatic rings. The van der Waals surface area contributed by atoms with Crippen molar-refractivity contribution in [1.82, 2.24) is 14.9 Å². The molecule has 10 heteroatoms. The van der Waals surface area contributed by atoms with Gasteiger partial charge in [0.1, 0.15) is 5.60 Å². The minimum atomic E-state index is -3.15. The Morgan fingerprint density at radius 1 is 1.38 bits per heavy atom. The number of nitrogens with one attached hydrogen (secondary N) is 2. The van der Waals surface area contributed by atoms with E-state index < -0.39 is 15.6 Å². The van der Waals surface area contributed by atoms with E-state index in [2.05, 4.69) is 15.6 Å². The highest BCUT2D eigenvalue weighted by Gasteiger charge is 2.24. The van der Waals surface area contributed by atoms with Gasteiger partial charge in [0.05, 0.1) is 12.8 Å². The monoisotopic (exact) mass is 518 g/mol. The van der Waals surface area contributed by atoms with Crippen LogP contribution in [0, 0.1) is 0 Å². The summed E-state index contributed by atoms with van der Waals surface area (Å²) in [5.41, 5.74) is -1.01. The van der Waals surface area contributed by atoms with Gasteiger partial charge in [-0.15, -0.1) is 35.3 Å². The highest BCUT2D eigenvalue weighted by Crippen LogP contribution is 2.25. The van der Waals surface area contributed by atoms with Crippen LogP contribution in [-0.2, 0) is 15.6 Å². The van der Waals surface area contributed by atoms with Crippen LogP contribution in [0.25, 0.3) is 0 Å². The fourth-order valence-corrected chi connectivity index (χ4v) is 3.97. The molecular weight excluding hydrogens is 487 g/mol. The third-order valence-corrected chi connectivity index (χ3v) is 6.14. The third-order valence-electron chi connectivity index (χ3n) is 3.64. The van der Waals surface area contributed by atoms with Gasteiger partial charge in [-0.3, -0.25) is 0 Å². The summed E-state index contributed by atoms with van der Waals surface area (Å²) in [5.74, 6) is 0.613. The van der Waals surface area contributed by atoms with Gasteiger partial charge in [0.2, 0.25) is 10.0 Å². The van der Waals surface area contributed by atoms with E-state index in [1.165, 1.54) is 21.9 Å². The molecule has 0 fully saturated rings. The van der Waals surface area contributed by atoms with E-state index >= 15 is 0 Å². The molecule has 1 heterocycles. The number of rotatable bonds is 10. The first kappa shape index (κ1) is 25.6. The summed E-state index contributed by atoms with van der Waals surface area (Å²) in [6.45, 7) is 8.02. The first-order valence-electron chi connectivity index (χ1n) is 8.44. The molecule has 0 aromatic carbocycles. The van der Waals surface area contributed by atoms with Crippen molar-refractivity contribution in [3.63, 3.8) is 0 Å². The fourth-order valence-electron chi connectivity index (χ4n) is 2.26. The molecule has 1 unspecified atom stereocenters. The highest BCUT2D eigenvalue weighted by molar-refractivity contribution is 14.0. The van der Waals surface area contributed by atoms with Crippen LogP contribution in [0.3, 0.4) is 0 Å². The number of sulfonamides is 1. The second-order valence-corrected chi connectivity index (χ2v) is 8.91. The molecule has 26 heavy (non-hydrogen) atoms. The topological polar surface area (TPSA) is 94.0 Å². The summed E-state index contributed by atoms with van der Waals surface area (Å²) in [5, 5.41) is 18.8. The number of aliphatic hydroxyl groups is 1. The molecule has 1 aromatic heterocycles. The number of thiophene rings is 1. The quantitative estimate of drug-likeness (QED) is 0.190. The van der Waals surface area contributed by atoms with Crippen molar-refractivity contribution in [3.8, 4) is 0 Å². The summed E-state index contributed by atoms with van der Waals surface area (Å²) < 4.78 is 24.6. The normalized spacial score (nSPS) is 14.6. The zero-order chi connectivity index (χ0) is 18.9. The van der Waals surface area contributed by atoms with Crippen LogP contribution in [0.15, 0.2) is 22.5 Å². The number of nitrogens with zero attached hydrogens (tertiary/aromatic N) is 2. The predicted molar refractivity (Wildman–Crippen MR) is 120 cm³/mol. The van der Waals surface area contributed by atoms with Gasteiger partial charge in [-0.1, -0.05) is 13.0 Å². The smallest absolute Gasteiger partial charge is 0.211 e. The molecule has 1 rings (SSSR count). The largest absolute Gasteiger partial charge is 0.383 e. The van der Waals surface area contributed by atoms with Crippen molar-refractivity contribution < 1.29 is 13.5 Å². The lowest BCUT2D eigenvalue weighted by molar-refractivity contribution is 0.0711. The number of halogens is 1. The average molecular weight is 518 g/mol. The van der Waals surface area contributed by atoms with E-state index in [9.17, 15) is 13.5 Å². The Balaban J connectivity index is 0.00000625. The fraction of sp³-hybridized carbons (Fsp3) is 0.688. The maximum atomic E-state index is 11.6. The molecule has 152 valence electrons. The average Bonchev–Trinajstić information content (AvgIpc) is 3.06. The van der Waals surface area contributed by atoms with Crippen LogP contribution in [0.1, 0.15) is 32.1 Å². The van der Waals surface area contributed by atoms with Crippen molar-refractivity contribution in [2.45, 2.75) is 32.8 Å². The van der Waals surface area contributed by atoms with Gasteiger partial charge in [-0.2, -0.15) is 0 Å². The lowest BCUT2D eigenvalue weighted by Crippen LogP contribution is -2.40. The van der Waals surface area contributed by atoms with E-state index in [4.69, 9.17) is 0 Å². The molecule has 0 saturated heterocycles. The molecule has 3 N–H and O–H groups in total. The summed E-state index contributed by atoms with van der Waals surface area (Å²) in [7, 11) is -3.15. The molecule has 7 nitrogen and oxygen atoms in total.